The number of unbranched alkanes of at least 4 members (excludes halogenated alkanes) is 1. The zero-order valence-electron chi connectivity index (χ0n) is 12.6. The first kappa shape index (κ1) is 16.5. The summed E-state index contributed by atoms with van der Waals surface area (Å²) < 4.78 is 20.5. The molecule has 0 amide bonds. The van der Waals surface area contributed by atoms with Crippen molar-refractivity contribution in [1.82, 2.24) is 14.8 Å². The fourth-order valence-electron chi connectivity index (χ4n) is 1.81. The number of rotatable bonds is 7. The number of halogens is 1. The molecule has 0 aliphatic carbocycles. The van der Waals surface area contributed by atoms with Crippen molar-refractivity contribution < 1.29 is 13.9 Å². The van der Waals surface area contributed by atoms with Crippen LogP contribution in [0.25, 0.3) is 11.4 Å². The zero-order chi connectivity index (χ0) is 15.9. The lowest BCUT2D eigenvalue weighted by Gasteiger charge is -2.05. The van der Waals surface area contributed by atoms with E-state index in [9.17, 15) is 9.18 Å². The summed E-state index contributed by atoms with van der Waals surface area (Å²) in [6.07, 6.45) is 1.84. The summed E-state index contributed by atoms with van der Waals surface area (Å²) in [6.45, 7) is 2.47. The Bertz CT molecular complexity index is 645. The maximum Gasteiger partial charge on any atom is 0.316 e. The Hall–Kier alpha value is -1.89. The second-order valence-corrected chi connectivity index (χ2v) is 5.65. The second-order valence-electron chi connectivity index (χ2n) is 4.71. The first-order chi connectivity index (χ1) is 10.6. The molecular weight excluding hydrogens is 305 g/mol. The molecule has 0 saturated carbocycles. The van der Waals surface area contributed by atoms with Crippen molar-refractivity contribution in [2.24, 2.45) is 7.05 Å². The highest BCUT2D eigenvalue weighted by molar-refractivity contribution is 7.99. The van der Waals surface area contributed by atoms with Crippen molar-refractivity contribution >= 4 is 17.7 Å². The molecule has 0 fully saturated rings. The van der Waals surface area contributed by atoms with E-state index in [0.29, 0.717) is 23.2 Å². The van der Waals surface area contributed by atoms with E-state index < -0.39 is 0 Å². The van der Waals surface area contributed by atoms with Gasteiger partial charge in [0.1, 0.15) is 5.82 Å². The fraction of sp³-hybridized carbons (Fsp3) is 0.400. The van der Waals surface area contributed by atoms with Gasteiger partial charge in [-0.3, -0.25) is 4.79 Å². The Morgan fingerprint density at radius 1 is 1.36 bits per heavy atom. The predicted octanol–water partition coefficient (Wildman–Crippen LogP) is 3.06. The van der Waals surface area contributed by atoms with Crippen LogP contribution in [0.3, 0.4) is 0 Å². The molecule has 0 saturated heterocycles. The molecule has 0 aliphatic heterocycles. The van der Waals surface area contributed by atoms with E-state index in [1.54, 1.807) is 29.8 Å². The maximum atomic E-state index is 13.8. The highest BCUT2D eigenvalue weighted by atomic mass is 32.2. The minimum absolute atomic E-state index is 0.160. The van der Waals surface area contributed by atoms with Crippen LogP contribution in [0.4, 0.5) is 4.39 Å². The molecule has 1 aromatic carbocycles. The van der Waals surface area contributed by atoms with Crippen molar-refractivity contribution in [2.75, 3.05) is 12.4 Å². The van der Waals surface area contributed by atoms with Crippen LogP contribution in [0.15, 0.2) is 29.4 Å². The summed E-state index contributed by atoms with van der Waals surface area (Å²) in [6, 6.07) is 6.39. The first-order valence-electron chi connectivity index (χ1n) is 7.06. The van der Waals surface area contributed by atoms with Gasteiger partial charge in [-0.15, -0.1) is 10.2 Å². The van der Waals surface area contributed by atoms with Crippen molar-refractivity contribution in [2.45, 2.75) is 24.9 Å². The van der Waals surface area contributed by atoms with E-state index in [-0.39, 0.29) is 17.5 Å². The molecule has 1 aromatic heterocycles. The summed E-state index contributed by atoms with van der Waals surface area (Å²) in [4.78, 5) is 11.6. The third kappa shape index (κ3) is 4.07. The lowest BCUT2D eigenvalue weighted by Crippen LogP contribution is -2.09. The topological polar surface area (TPSA) is 57.0 Å². The monoisotopic (exact) mass is 323 g/mol. The van der Waals surface area contributed by atoms with Crippen LogP contribution in [0.2, 0.25) is 0 Å². The largest absolute Gasteiger partial charge is 0.465 e. The minimum Gasteiger partial charge on any atom is -0.465 e. The van der Waals surface area contributed by atoms with Crippen LogP contribution in [0.1, 0.15) is 19.8 Å². The standard InChI is InChI=1S/C15H18FN3O2S/c1-3-4-9-21-13(20)10-22-15-18-17-14(19(15)2)11-7-5-6-8-12(11)16/h5-8H,3-4,9-10H2,1-2H3. The van der Waals surface area contributed by atoms with E-state index in [0.717, 1.165) is 12.8 Å². The second kappa shape index (κ2) is 7.93. The summed E-state index contributed by atoms with van der Waals surface area (Å²) >= 11 is 1.23. The van der Waals surface area contributed by atoms with Crippen LogP contribution in [-0.2, 0) is 16.6 Å². The number of thioether (sulfide) groups is 1. The summed E-state index contributed by atoms with van der Waals surface area (Å²) in [5.41, 5.74) is 0.384. The third-order valence-corrected chi connectivity index (χ3v) is 4.02. The maximum absolute atomic E-state index is 13.8. The number of esters is 1. The quantitative estimate of drug-likeness (QED) is 0.445. The minimum atomic E-state index is -0.353. The molecule has 0 atom stereocenters. The number of carbonyl (C=O) groups is 1. The molecule has 7 heteroatoms. The van der Waals surface area contributed by atoms with Gasteiger partial charge in [-0.1, -0.05) is 37.2 Å². The number of aromatic nitrogens is 3. The average Bonchev–Trinajstić information content (AvgIpc) is 2.87. The molecule has 0 N–H and O–H groups in total. The Balaban J connectivity index is 2.00. The van der Waals surface area contributed by atoms with Crippen LogP contribution in [0, 0.1) is 5.82 Å². The molecule has 0 unspecified atom stereocenters. The van der Waals surface area contributed by atoms with Gasteiger partial charge in [-0.25, -0.2) is 4.39 Å². The molecule has 0 aliphatic rings. The molecule has 0 radical (unpaired) electrons. The van der Waals surface area contributed by atoms with E-state index in [1.807, 2.05) is 6.92 Å². The Labute approximate surface area is 132 Å². The SMILES string of the molecule is CCCCOC(=O)CSc1nnc(-c2ccccc2F)n1C. The van der Waals surface area contributed by atoms with Gasteiger partial charge >= 0.3 is 5.97 Å². The number of nitrogens with zero attached hydrogens (tertiary/aromatic N) is 3. The lowest BCUT2D eigenvalue weighted by molar-refractivity contribution is -0.140. The number of carbonyl (C=O) groups excluding carboxylic acids is 1. The molecule has 0 bridgehead atoms. The van der Waals surface area contributed by atoms with Gasteiger partial charge in [-0.05, 0) is 18.6 Å². The fourth-order valence-corrected chi connectivity index (χ4v) is 2.52. The molecule has 2 rings (SSSR count). The van der Waals surface area contributed by atoms with Crippen molar-refractivity contribution in [3.63, 3.8) is 0 Å². The van der Waals surface area contributed by atoms with E-state index >= 15 is 0 Å². The van der Waals surface area contributed by atoms with Crippen LogP contribution in [0.5, 0.6) is 0 Å². The van der Waals surface area contributed by atoms with Gasteiger partial charge in [0, 0.05) is 7.05 Å². The van der Waals surface area contributed by atoms with Crippen LogP contribution < -0.4 is 0 Å². The van der Waals surface area contributed by atoms with E-state index in [2.05, 4.69) is 10.2 Å². The van der Waals surface area contributed by atoms with Gasteiger partial charge in [0.25, 0.3) is 0 Å². The number of hydrogen-bond donors (Lipinski definition) is 0. The number of benzene rings is 1. The number of hydrogen-bond acceptors (Lipinski definition) is 5. The van der Waals surface area contributed by atoms with Gasteiger partial charge in [-0.2, -0.15) is 0 Å². The van der Waals surface area contributed by atoms with Crippen molar-refractivity contribution in [1.29, 1.82) is 0 Å². The molecular formula is C15H18FN3O2S. The normalized spacial score (nSPS) is 10.7. The molecule has 5 nitrogen and oxygen atoms in total. The van der Waals surface area contributed by atoms with Gasteiger partial charge in [0.05, 0.1) is 17.9 Å². The van der Waals surface area contributed by atoms with Gasteiger partial charge in [0.15, 0.2) is 11.0 Å². The van der Waals surface area contributed by atoms with Crippen LogP contribution >= 0.6 is 11.8 Å². The first-order valence-corrected chi connectivity index (χ1v) is 8.04. The van der Waals surface area contributed by atoms with E-state index in [4.69, 9.17) is 4.74 Å². The molecule has 1 heterocycles. The Kier molecular flexibility index (Phi) is 5.94. The van der Waals surface area contributed by atoms with Crippen LogP contribution in [-0.4, -0.2) is 33.1 Å². The zero-order valence-corrected chi connectivity index (χ0v) is 13.4. The molecule has 118 valence electrons. The van der Waals surface area contributed by atoms with Crippen molar-refractivity contribution in [3.8, 4) is 11.4 Å². The van der Waals surface area contributed by atoms with Gasteiger partial charge in [0.2, 0.25) is 0 Å². The van der Waals surface area contributed by atoms with Crippen molar-refractivity contribution in [3.05, 3.63) is 30.1 Å². The summed E-state index contributed by atoms with van der Waals surface area (Å²) in [7, 11) is 1.74. The highest BCUT2D eigenvalue weighted by Gasteiger charge is 2.15. The molecule has 22 heavy (non-hydrogen) atoms. The lowest BCUT2D eigenvalue weighted by atomic mass is 10.2. The third-order valence-electron chi connectivity index (χ3n) is 3.03. The highest BCUT2D eigenvalue weighted by Crippen LogP contribution is 2.24. The predicted molar refractivity (Wildman–Crippen MR) is 83.0 cm³/mol. The summed E-state index contributed by atoms with van der Waals surface area (Å²) in [5, 5.41) is 8.55. The smallest absolute Gasteiger partial charge is 0.316 e. The van der Waals surface area contributed by atoms with E-state index in [1.165, 1.54) is 17.8 Å². The molecule has 2 aromatic rings. The number of ether oxygens (including phenoxy) is 1. The Morgan fingerprint density at radius 2 is 2.14 bits per heavy atom. The summed E-state index contributed by atoms with van der Waals surface area (Å²) in [5.74, 6) is -0.0465. The average molecular weight is 323 g/mol. The molecule has 0 spiro atoms. The Morgan fingerprint density at radius 3 is 2.86 bits per heavy atom. The van der Waals surface area contributed by atoms with Gasteiger partial charge < -0.3 is 9.30 Å².